The van der Waals surface area contributed by atoms with Crippen molar-refractivity contribution in [3.05, 3.63) is 58.1 Å². The fraction of sp³-hybridized carbons (Fsp3) is 0.333. The quantitative estimate of drug-likeness (QED) is 0.439. The molecule has 0 saturated carbocycles. The highest BCUT2D eigenvalue weighted by Gasteiger charge is 2.34. The third-order valence-electron chi connectivity index (χ3n) is 6.13. The van der Waals surface area contributed by atoms with Crippen molar-refractivity contribution in [3.8, 4) is 5.75 Å². The Morgan fingerprint density at radius 2 is 2.03 bits per heavy atom. The van der Waals surface area contributed by atoms with Gasteiger partial charge in [-0.3, -0.25) is 14.5 Å². The number of rotatable bonds is 7. The molecule has 3 aromatic rings. The number of pyridine rings is 2. The smallest absolute Gasteiger partial charge is 0.416 e. The van der Waals surface area contributed by atoms with Crippen molar-refractivity contribution in [2.75, 3.05) is 36.5 Å². The standard InChI is InChI=1S/C24H24FN5O6/c1-29-21(33)7-3-13-2-4-17(25)16(22(13)29)8-14(31)9-26-10-15-11-30(24(34)36-15)19-6-5-18-23(27-19)28-20(32)12-35-18/h2-7,14-15,26,31H,8-12H2,1H3,(H,27,28,32)/t14-,15-/m0/s1. The minimum Gasteiger partial charge on any atom is -0.480 e. The second-order valence-corrected chi connectivity index (χ2v) is 8.68. The van der Waals surface area contributed by atoms with Crippen molar-refractivity contribution >= 4 is 34.5 Å². The van der Waals surface area contributed by atoms with E-state index in [0.29, 0.717) is 22.5 Å². The third-order valence-corrected chi connectivity index (χ3v) is 6.13. The molecule has 2 aliphatic rings. The van der Waals surface area contributed by atoms with Crippen LogP contribution in [0.1, 0.15) is 5.56 Å². The molecule has 11 nitrogen and oxygen atoms in total. The molecule has 3 N–H and O–H groups in total. The molecule has 12 heteroatoms. The molecule has 5 rings (SSSR count). The largest absolute Gasteiger partial charge is 0.480 e. The lowest BCUT2D eigenvalue weighted by atomic mass is 10.0. The fourth-order valence-corrected chi connectivity index (χ4v) is 4.38. The van der Waals surface area contributed by atoms with E-state index >= 15 is 0 Å². The van der Waals surface area contributed by atoms with Gasteiger partial charge in [0.1, 0.15) is 17.7 Å². The molecule has 0 bridgehead atoms. The number of aryl methyl sites for hydroxylation is 1. The molecule has 1 saturated heterocycles. The van der Waals surface area contributed by atoms with Crippen molar-refractivity contribution in [1.82, 2.24) is 14.9 Å². The SMILES string of the molecule is Cn1c(=O)ccc2ccc(F)c(C[C@H](O)CNC[C@H]3CN(c4ccc5c(n4)NC(=O)CO5)C(=O)O3)c21. The lowest BCUT2D eigenvalue weighted by molar-refractivity contribution is -0.118. The monoisotopic (exact) mass is 497 g/mol. The van der Waals surface area contributed by atoms with Crippen LogP contribution in [-0.2, 0) is 23.0 Å². The maximum atomic E-state index is 14.6. The van der Waals surface area contributed by atoms with Gasteiger partial charge in [0.15, 0.2) is 18.2 Å². The van der Waals surface area contributed by atoms with E-state index in [2.05, 4.69) is 15.6 Å². The minimum atomic E-state index is -0.945. The maximum absolute atomic E-state index is 14.6. The predicted molar refractivity (Wildman–Crippen MR) is 128 cm³/mol. The van der Waals surface area contributed by atoms with Gasteiger partial charge >= 0.3 is 6.09 Å². The number of anilines is 2. The van der Waals surface area contributed by atoms with Crippen LogP contribution in [0.2, 0.25) is 0 Å². The Kier molecular flexibility index (Phi) is 6.29. The summed E-state index contributed by atoms with van der Waals surface area (Å²) in [7, 11) is 1.57. The van der Waals surface area contributed by atoms with Gasteiger partial charge < -0.3 is 29.8 Å². The van der Waals surface area contributed by atoms with E-state index in [9.17, 15) is 23.9 Å². The molecule has 0 aliphatic carbocycles. The van der Waals surface area contributed by atoms with E-state index < -0.39 is 24.1 Å². The lowest BCUT2D eigenvalue weighted by Gasteiger charge is -2.19. The van der Waals surface area contributed by atoms with Crippen LogP contribution in [0.4, 0.5) is 20.8 Å². The zero-order valence-corrected chi connectivity index (χ0v) is 19.4. The van der Waals surface area contributed by atoms with Crippen LogP contribution in [0.5, 0.6) is 5.75 Å². The summed E-state index contributed by atoms with van der Waals surface area (Å²) >= 11 is 0. The van der Waals surface area contributed by atoms with E-state index in [4.69, 9.17) is 9.47 Å². The van der Waals surface area contributed by atoms with Gasteiger partial charge in [-0.05, 0) is 35.7 Å². The number of nitrogens with one attached hydrogen (secondary N) is 2. The Morgan fingerprint density at radius 1 is 1.22 bits per heavy atom. The van der Waals surface area contributed by atoms with E-state index in [-0.39, 0.29) is 55.5 Å². The minimum absolute atomic E-state index is 0.00309. The van der Waals surface area contributed by atoms with Crippen LogP contribution < -0.4 is 25.8 Å². The number of ether oxygens (including phenoxy) is 2. The molecule has 36 heavy (non-hydrogen) atoms. The molecule has 2 atom stereocenters. The van der Waals surface area contributed by atoms with Crippen molar-refractivity contribution in [1.29, 1.82) is 0 Å². The third kappa shape index (κ3) is 4.60. The number of fused-ring (bicyclic) bond motifs is 2. The molecule has 1 fully saturated rings. The number of nitrogens with zero attached hydrogens (tertiary/aromatic N) is 3. The molecule has 4 heterocycles. The topological polar surface area (TPSA) is 135 Å². The van der Waals surface area contributed by atoms with Gasteiger partial charge in [0, 0.05) is 38.2 Å². The molecular formula is C24H24FN5O6. The summed E-state index contributed by atoms with van der Waals surface area (Å²) in [4.78, 5) is 41.6. The molecule has 0 spiro atoms. The molecule has 1 aromatic carbocycles. The van der Waals surface area contributed by atoms with Crippen LogP contribution in [0, 0.1) is 5.82 Å². The number of aliphatic hydroxyl groups is 1. The summed E-state index contributed by atoms with van der Waals surface area (Å²) in [6.45, 7) is 0.485. The summed E-state index contributed by atoms with van der Waals surface area (Å²) in [5, 5.41) is 16.9. The van der Waals surface area contributed by atoms with Crippen LogP contribution in [0.3, 0.4) is 0 Å². The number of benzene rings is 1. The lowest BCUT2D eigenvalue weighted by Crippen LogP contribution is -2.36. The zero-order chi connectivity index (χ0) is 25.4. The van der Waals surface area contributed by atoms with E-state index in [1.54, 1.807) is 31.3 Å². The van der Waals surface area contributed by atoms with Gasteiger partial charge in [-0.25, -0.2) is 14.2 Å². The number of cyclic esters (lactones) is 1. The van der Waals surface area contributed by atoms with Gasteiger partial charge in [0.05, 0.1) is 18.2 Å². The molecule has 0 unspecified atom stereocenters. The van der Waals surface area contributed by atoms with Gasteiger partial charge in [-0.15, -0.1) is 0 Å². The first-order valence-electron chi connectivity index (χ1n) is 11.4. The Bertz CT molecular complexity index is 1410. The first kappa shape index (κ1) is 23.7. The number of aromatic nitrogens is 2. The van der Waals surface area contributed by atoms with Crippen LogP contribution >= 0.6 is 0 Å². The number of amides is 2. The van der Waals surface area contributed by atoms with Crippen molar-refractivity contribution < 1.29 is 28.6 Å². The van der Waals surface area contributed by atoms with Gasteiger partial charge in [-0.2, -0.15) is 0 Å². The fourth-order valence-electron chi connectivity index (χ4n) is 4.38. The summed E-state index contributed by atoms with van der Waals surface area (Å²) < 4.78 is 26.6. The summed E-state index contributed by atoms with van der Waals surface area (Å²) in [5.41, 5.74) is 0.439. The van der Waals surface area contributed by atoms with Crippen molar-refractivity contribution in [2.24, 2.45) is 7.05 Å². The van der Waals surface area contributed by atoms with Gasteiger partial charge in [0.25, 0.3) is 11.5 Å². The molecule has 2 aliphatic heterocycles. The first-order chi connectivity index (χ1) is 17.3. The number of carbonyl (C=O) groups excluding carboxylic acids is 2. The summed E-state index contributed by atoms with van der Waals surface area (Å²) in [5.74, 6) is 0.133. The van der Waals surface area contributed by atoms with Gasteiger partial charge in [0.2, 0.25) is 0 Å². The van der Waals surface area contributed by atoms with Crippen molar-refractivity contribution in [2.45, 2.75) is 18.6 Å². The predicted octanol–water partition coefficient (Wildman–Crippen LogP) is 0.922. The molecular weight excluding hydrogens is 473 g/mol. The van der Waals surface area contributed by atoms with E-state index in [0.717, 1.165) is 0 Å². The maximum Gasteiger partial charge on any atom is 0.416 e. The highest BCUT2D eigenvalue weighted by atomic mass is 19.1. The average Bonchev–Trinajstić information content (AvgIpc) is 3.22. The molecule has 188 valence electrons. The Morgan fingerprint density at radius 3 is 2.86 bits per heavy atom. The van der Waals surface area contributed by atoms with E-state index in [1.165, 1.54) is 21.6 Å². The number of hydrogen-bond acceptors (Lipinski definition) is 8. The molecule has 2 aromatic heterocycles. The highest BCUT2D eigenvalue weighted by molar-refractivity contribution is 5.95. The summed E-state index contributed by atoms with van der Waals surface area (Å²) in [6, 6.07) is 9.18. The second kappa shape index (κ2) is 9.55. The Labute approximate surface area is 204 Å². The Balaban J connectivity index is 1.19. The Hall–Kier alpha value is -4.03. The van der Waals surface area contributed by atoms with Crippen LogP contribution in [-0.4, -0.2) is 65.1 Å². The number of hydrogen-bond donors (Lipinski definition) is 3. The highest BCUT2D eigenvalue weighted by Crippen LogP contribution is 2.30. The van der Waals surface area contributed by atoms with Crippen molar-refractivity contribution in [3.63, 3.8) is 0 Å². The number of halogens is 1. The molecule has 2 amide bonds. The van der Waals surface area contributed by atoms with E-state index in [1.807, 2.05) is 0 Å². The first-order valence-corrected chi connectivity index (χ1v) is 11.4. The summed E-state index contributed by atoms with van der Waals surface area (Å²) in [6.07, 6.45) is -2.05. The number of aliphatic hydroxyl groups excluding tert-OH is 1. The van der Waals surface area contributed by atoms with Crippen LogP contribution in [0.15, 0.2) is 41.2 Å². The molecule has 0 radical (unpaired) electrons. The van der Waals surface area contributed by atoms with Gasteiger partial charge in [-0.1, -0.05) is 0 Å². The van der Waals surface area contributed by atoms with Crippen LogP contribution in [0.25, 0.3) is 10.9 Å². The zero-order valence-electron chi connectivity index (χ0n) is 19.4. The normalized spacial score (nSPS) is 18.0. The second-order valence-electron chi connectivity index (χ2n) is 8.68. The average molecular weight is 497 g/mol. The number of carbonyl (C=O) groups is 2.